The second-order valence-electron chi connectivity index (χ2n) is 6.90. The maximum atomic E-state index is 12.0. The Balaban J connectivity index is 1.58. The van der Waals surface area contributed by atoms with E-state index in [1.165, 1.54) is 24.1 Å². The number of anilines is 1. The van der Waals surface area contributed by atoms with Gasteiger partial charge in [0.25, 0.3) is 5.91 Å². The van der Waals surface area contributed by atoms with Crippen LogP contribution in [0.2, 0.25) is 0 Å². The normalized spacial score (nSPS) is 15.9. The lowest BCUT2D eigenvalue weighted by molar-refractivity contribution is -0.151. The number of likely N-dealkylation sites (N-methyl/N-ethyl adjacent to an activating group) is 1. The molecule has 1 heterocycles. The third-order valence-electron chi connectivity index (χ3n) is 4.38. The van der Waals surface area contributed by atoms with E-state index in [1.807, 2.05) is 40.6 Å². The summed E-state index contributed by atoms with van der Waals surface area (Å²) in [4.78, 5) is 37.1. The van der Waals surface area contributed by atoms with Gasteiger partial charge in [-0.2, -0.15) is 0 Å². The maximum absolute atomic E-state index is 12.0. The fraction of sp³-hybridized carbons (Fsp3) is 0.550. The van der Waals surface area contributed by atoms with Gasteiger partial charge in [-0.15, -0.1) is 0 Å². The zero-order valence-electron chi connectivity index (χ0n) is 16.4. The molecule has 0 radical (unpaired) electrons. The Bertz CT molecular complexity index is 661. The molecule has 1 fully saturated rings. The minimum atomic E-state index is -0.396. The number of unbranched alkanes of at least 4 members (excludes halogenated alkanes) is 1. The Kier molecular flexibility index (Phi) is 9.70. The third-order valence-corrected chi connectivity index (χ3v) is 7.39. The predicted octanol–water partition coefficient (Wildman–Crippen LogP) is 3.65. The number of amides is 2. The van der Waals surface area contributed by atoms with Crippen molar-refractivity contribution in [3.8, 4) is 0 Å². The summed E-state index contributed by atoms with van der Waals surface area (Å²) in [5.41, 5.74) is 1.78. The highest BCUT2D eigenvalue weighted by Gasteiger charge is 2.17. The number of hydrogen-bond acceptors (Lipinski definition) is 6. The van der Waals surface area contributed by atoms with Gasteiger partial charge in [0.15, 0.2) is 6.61 Å². The average Bonchev–Trinajstić information content (AvgIpc) is 3.18. The van der Waals surface area contributed by atoms with Gasteiger partial charge < -0.3 is 15.0 Å². The minimum absolute atomic E-state index is 0.0959. The number of ether oxygens (including phenoxy) is 1. The SMILES string of the molecule is Cc1ccc(NC(=O)CN(C)C(=O)COC(=O)CCCC[C@H]2CCSS2)cc1. The number of hydrogen-bond donors (Lipinski definition) is 1. The van der Waals surface area contributed by atoms with E-state index in [2.05, 4.69) is 5.32 Å². The van der Waals surface area contributed by atoms with E-state index in [1.54, 1.807) is 12.1 Å². The van der Waals surface area contributed by atoms with Crippen molar-refractivity contribution in [2.45, 2.75) is 44.3 Å². The van der Waals surface area contributed by atoms with E-state index >= 15 is 0 Å². The molecule has 1 saturated heterocycles. The molecule has 6 nitrogen and oxygen atoms in total. The van der Waals surface area contributed by atoms with Crippen LogP contribution in [-0.4, -0.2) is 53.9 Å². The summed E-state index contributed by atoms with van der Waals surface area (Å²) in [6, 6.07) is 7.41. The number of rotatable bonds is 10. The third kappa shape index (κ3) is 8.56. The van der Waals surface area contributed by atoms with Crippen molar-refractivity contribution in [2.24, 2.45) is 0 Å². The van der Waals surface area contributed by atoms with Crippen molar-refractivity contribution in [1.29, 1.82) is 0 Å². The standard InChI is InChI=1S/C20H28N2O4S2/c1-15-7-9-16(10-8-15)21-18(23)13-22(2)19(24)14-26-20(25)6-4-3-5-17-11-12-27-28-17/h7-10,17H,3-6,11-14H2,1-2H3,(H,21,23)/t17-/m0/s1. The van der Waals surface area contributed by atoms with E-state index in [-0.39, 0.29) is 25.0 Å². The Morgan fingerprint density at radius 3 is 2.64 bits per heavy atom. The lowest BCUT2D eigenvalue weighted by Crippen LogP contribution is -2.37. The van der Waals surface area contributed by atoms with Gasteiger partial charge in [0.2, 0.25) is 5.91 Å². The highest BCUT2D eigenvalue weighted by molar-refractivity contribution is 8.77. The number of nitrogens with one attached hydrogen (secondary N) is 1. The van der Waals surface area contributed by atoms with Crippen molar-refractivity contribution >= 4 is 45.1 Å². The molecular weight excluding hydrogens is 396 g/mol. The molecule has 1 aromatic rings. The van der Waals surface area contributed by atoms with Crippen LogP contribution in [0.1, 0.15) is 37.7 Å². The van der Waals surface area contributed by atoms with Crippen LogP contribution < -0.4 is 5.32 Å². The molecule has 0 aliphatic carbocycles. The topological polar surface area (TPSA) is 75.7 Å². The number of carbonyl (C=O) groups is 3. The Morgan fingerprint density at radius 1 is 1.21 bits per heavy atom. The van der Waals surface area contributed by atoms with Crippen molar-refractivity contribution in [3.63, 3.8) is 0 Å². The lowest BCUT2D eigenvalue weighted by Gasteiger charge is -2.17. The maximum Gasteiger partial charge on any atom is 0.306 e. The molecule has 2 amide bonds. The molecule has 0 saturated carbocycles. The summed E-state index contributed by atoms with van der Waals surface area (Å²) < 4.78 is 5.04. The first-order chi connectivity index (χ1) is 13.4. The van der Waals surface area contributed by atoms with Crippen molar-refractivity contribution in [1.82, 2.24) is 4.90 Å². The van der Waals surface area contributed by atoms with E-state index in [0.717, 1.165) is 24.8 Å². The van der Waals surface area contributed by atoms with Gasteiger partial charge in [-0.3, -0.25) is 14.4 Å². The monoisotopic (exact) mass is 424 g/mol. The van der Waals surface area contributed by atoms with Crippen LogP contribution >= 0.6 is 21.6 Å². The van der Waals surface area contributed by atoms with Gasteiger partial charge in [-0.25, -0.2) is 0 Å². The largest absolute Gasteiger partial charge is 0.456 e. The predicted molar refractivity (Wildman–Crippen MR) is 115 cm³/mol. The summed E-state index contributed by atoms with van der Waals surface area (Å²) in [7, 11) is 5.38. The molecule has 0 bridgehead atoms. The minimum Gasteiger partial charge on any atom is -0.456 e. The summed E-state index contributed by atoms with van der Waals surface area (Å²) in [6.07, 6.45) is 4.49. The highest BCUT2D eigenvalue weighted by Crippen LogP contribution is 2.39. The van der Waals surface area contributed by atoms with Gasteiger partial charge in [-0.1, -0.05) is 45.7 Å². The number of nitrogens with zero attached hydrogens (tertiary/aromatic N) is 1. The number of benzene rings is 1. The second-order valence-corrected chi connectivity index (χ2v) is 9.69. The van der Waals surface area contributed by atoms with Crippen LogP contribution in [0, 0.1) is 6.92 Å². The molecule has 0 aromatic heterocycles. The first-order valence-corrected chi connectivity index (χ1v) is 11.9. The highest BCUT2D eigenvalue weighted by atomic mass is 33.1. The first-order valence-electron chi connectivity index (χ1n) is 9.48. The van der Waals surface area contributed by atoms with E-state index in [9.17, 15) is 14.4 Å². The van der Waals surface area contributed by atoms with Crippen LogP contribution in [0.4, 0.5) is 5.69 Å². The van der Waals surface area contributed by atoms with Gasteiger partial charge in [0.1, 0.15) is 0 Å². The van der Waals surface area contributed by atoms with E-state index in [4.69, 9.17) is 4.74 Å². The van der Waals surface area contributed by atoms with Gasteiger partial charge in [0, 0.05) is 30.2 Å². The summed E-state index contributed by atoms with van der Waals surface area (Å²) in [6.45, 7) is 1.54. The number of esters is 1. The van der Waals surface area contributed by atoms with E-state index < -0.39 is 5.91 Å². The fourth-order valence-electron chi connectivity index (χ4n) is 2.67. The smallest absolute Gasteiger partial charge is 0.306 e. The molecule has 1 aliphatic heterocycles. The van der Waals surface area contributed by atoms with E-state index in [0.29, 0.717) is 17.4 Å². The molecule has 1 N–H and O–H groups in total. The first kappa shape index (κ1) is 22.6. The molecule has 2 rings (SSSR count). The Labute approximate surface area is 174 Å². The number of aryl methyl sites for hydroxylation is 1. The molecule has 0 unspecified atom stereocenters. The Morgan fingerprint density at radius 2 is 1.96 bits per heavy atom. The van der Waals surface area contributed by atoms with Crippen LogP contribution in [0.15, 0.2) is 24.3 Å². The van der Waals surface area contributed by atoms with Crippen molar-refractivity contribution < 1.29 is 19.1 Å². The molecule has 1 atom stereocenters. The number of carbonyl (C=O) groups excluding carboxylic acids is 3. The fourth-order valence-corrected chi connectivity index (χ4v) is 5.70. The zero-order chi connectivity index (χ0) is 20.4. The van der Waals surface area contributed by atoms with Crippen LogP contribution in [0.25, 0.3) is 0 Å². The summed E-state index contributed by atoms with van der Waals surface area (Å²) in [5.74, 6) is 0.163. The summed E-state index contributed by atoms with van der Waals surface area (Å²) >= 11 is 0. The average molecular weight is 425 g/mol. The molecular formula is C20H28N2O4S2. The zero-order valence-corrected chi connectivity index (χ0v) is 18.1. The molecule has 1 aromatic carbocycles. The summed E-state index contributed by atoms with van der Waals surface area (Å²) in [5, 5.41) is 3.44. The van der Waals surface area contributed by atoms with Crippen LogP contribution in [0.5, 0.6) is 0 Å². The van der Waals surface area contributed by atoms with Crippen molar-refractivity contribution in [2.75, 3.05) is 31.3 Å². The van der Waals surface area contributed by atoms with Gasteiger partial charge in [-0.05, 0) is 38.3 Å². The molecule has 0 spiro atoms. The van der Waals surface area contributed by atoms with Crippen LogP contribution in [0.3, 0.4) is 0 Å². The van der Waals surface area contributed by atoms with Gasteiger partial charge in [0.05, 0.1) is 6.54 Å². The molecule has 8 heteroatoms. The van der Waals surface area contributed by atoms with Crippen molar-refractivity contribution in [3.05, 3.63) is 29.8 Å². The molecule has 154 valence electrons. The van der Waals surface area contributed by atoms with Crippen LogP contribution in [-0.2, 0) is 19.1 Å². The Hall–Kier alpha value is -1.67. The molecule has 28 heavy (non-hydrogen) atoms. The lowest BCUT2D eigenvalue weighted by atomic mass is 10.1. The van der Waals surface area contributed by atoms with Gasteiger partial charge >= 0.3 is 5.97 Å². The second kappa shape index (κ2) is 12.0. The quantitative estimate of drug-likeness (QED) is 0.351. The molecule has 1 aliphatic rings.